The summed E-state index contributed by atoms with van der Waals surface area (Å²) in [6, 6.07) is 0. The molecular formula is C37H64N3+. The number of unbranched alkanes of at least 4 members (excludes halogenated alkanes) is 14. The van der Waals surface area contributed by atoms with Gasteiger partial charge in [-0.15, -0.1) is 6.58 Å². The lowest BCUT2D eigenvalue weighted by Crippen LogP contribution is -2.30. The molecule has 0 aliphatic carbocycles. The van der Waals surface area contributed by atoms with E-state index in [4.69, 9.17) is 0 Å². The molecule has 1 aromatic rings. The topological polar surface area (TPSA) is 12.1 Å². The van der Waals surface area contributed by atoms with Crippen LogP contribution in [0.3, 0.4) is 0 Å². The Morgan fingerprint density at radius 1 is 0.750 bits per heavy atom. The van der Waals surface area contributed by atoms with E-state index in [1.165, 1.54) is 116 Å². The van der Waals surface area contributed by atoms with Crippen molar-refractivity contribution in [3.63, 3.8) is 0 Å². The highest BCUT2D eigenvalue weighted by Gasteiger charge is 2.04. The third-order valence-corrected chi connectivity index (χ3v) is 7.86. The van der Waals surface area contributed by atoms with Gasteiger partial charge in [0.2, 0.25) is 6.33 Å². The highest BCUT2D eigenvalue weighted by molar-refractivity contribution is 5.13. The first-order valence-corrected chi connectivity index (χ1v) is 16.7. The summed E-state index contributed by atoms with van der Waals surface area (Å²) < 4.78 is 4.22. The molecule has 1 heterocycles. The molecule has 0 aromatic carbocycles. The van der Waals surface area contributed by atoms with Gasteiger partial charge in [-0.05, 0) is 44.4 Å². The maximum Gasteiger partial charge on any atom is 0.248 e. The highest BCUT2D eigenvalue weighted by atomic mass is 15.1. The fourth-order valence-electron chi connectivity index (χ4n) is 5.15. The van der Waals surface area contributed by atoms with E-state index in [-0.39, 0.29) is 0 Å². The lowest BCUT2D eigenvalue weighted by Gasteiger charge is -2.13. The van der Waals surface area contributed by atoms with Crippen molar-refractivity contribution in [2.75, 3.05) is 0 Å². The molecule has 1 aromatic heterocycles. The third kappa shape index (κ3) is 19.7. The lowest BCUT2D eigenvalue weighted by atomic mass is 9.99. The number of imidazole rings is 1. The Morgan fingerprint density at radius 3 is 1.88 bits per heavy atom. The smallest absolute Gasteiger partial charge is 0.248 e. The number of rotatable bonds is 27. The van der Waals surface area contributed by atoms with Crippen molar-refractivity contribution in [3.8, 4) is 0 Å². The van der Waals surface area contributed by atoms with Crippen LogP contribution in [-0.2, 0) is 6.54 Å². The first-order valence-electron chi connectivity index (χ1n) is 16.7. The fraction of sp³-hybridized carbons (Fsp3) is 0.649. The minimum atomic E-state index is 0.448. The van der Waals surface area contributed by atoms with Gasteiger partial charge in [0.05, 0.1) is 12.7 Å². The van der Waals surface area contributed by atoms with E-state index in [2.05, 4.69) is 98.8 Å². The number of hydrogen-bond donors (Lipinski definition) is 0. The van der Waals surface area contributed by atoms with Crippen molar-refractivity contribution < 1.29 is 4.57 Å². The van der Waals surface area contributed by atoms with Crippen LogP contribution in [0.5, 0.6) is 0 Å². The van der Waals surface area contributed by atoms with Crippen molar-refractivity contribution in [1.82, 2.24) is 9.47 Å². The number of hydrogen-bond acceptors (Lipinski definition) is 1. The SMILES string of the molecule is C=CC(C=CN(C=CC)C=CC(C)CCCC[n+]1ccn(C=C)c1)CCCCCCCCCCCCCCCC. The van der Waals surface area contributed by atoms with Gasteiger partial charge in [0.1, 0.15) is 12.4 Å². The Bertz CT molecular complexity index is 815. The average molecular weight is 551 g/mol. The molecule has 0 spiro atoms. The Hall–Kier alpha value is -2.29. The molecule has 0 aliphatic rings. The van der Waals surface area contributed by atoms with Crippen LogP contribution in [0.15, 0.2) is 74.8 Å². The summed E-state index contributed by atoms with van der Waals surface area (Å²) in [6.07, 6.45) is 48.1. The molecule has 226 valence electrons. The molecule has 2 unspecified atom stereocenters. The van der Waals surface area contributed by atoms with Crippen LogP contribution >= 0.6 is 0 Å². The van der Waals surface area contributed by atoms with Crippen LogP contribution in [0.1, 0.15) is 136 Å². The highest BCUT2D eigenvalue weighted by Crippen LogP contribution is 2.17. The summed E-state index contributed by atoms with van der Waals surface area (Å²) in [6.45, 7) is 15.7. The first-order chi connectivity index (χ1) is 19.6. The molecule has 0 bridgehead atoms. The van der Waals surface area contributed by atoms with E-state index in [0.717, 1.165) is 6.54 Å². The number of aromatic nitrogens is 2. The second-order valence-electron chi connectivity index (χ2n) is 11.7. The largest absolute Gasteiger partial charge is 0.332 e. The predicted molar refractivity (Wildman–Crippen MR) is 178 cm³/mol. The van der Waals surface area contributed by atoms with Crippen molar-refractivity contribution in [2.45, 2.75) is 143 Å². The van der Waals surface area contributed by atoms with E-state index in [9.17, 15) is 0 Å². The Morgan fingerprint density at radius 2 is 1.32 bits per heavy atom. The summed E-state index contributed by atoms with van der Waals surface area (Å²) in [4.78, 5) is 2.19. The zero-order valence-electron chi connectivity index (χ0n) is 26.7. The van der Waals surface area contributed by atoms with Crippen molar-refractivity contribution in [3.05, 3.63) is 74.8 Å². The standard InChI is InChI=1S/C37H64N3/c1-6-10-11-12-13-14-15-16-17-18-19-20-21-22-26-37(8-3)28-32-39(29-7-2)31-27-36(5)25-23-24-30-40-34-33-38(9-4)35-40/h7-9,27-29,31-37H,3-4,6,10-26,30H2,1-2,5H3/q+1. The van der Waals surface area contributed by atoms with E-state index in [1.807, 2.05) is 17.0 Å². The van der Waals surface area contributed by atoms with Crippen LogP contribution in [-0.4, -0.2) is 9.47 Å². The van der Waals surface area contributed by atoms with Gasteiger partial charge >= 0.3 is 0 Å². The minimum absolute atomic E-state index is 0.448. The van der Waals surface area contributed by atoms with Gasteiger partial charge in [-0.2, -0.15) is 0 Å². The van der Waals surface area contributed by atoms with E-state index < -0.39 is 0 Å². The van der Waals surface area contributed by atoms with Gasteiger partial charge in [0, 0.05) is 18.6 Å². The maximum absolute atomic E-state index is 4.10. The minimum Gasteiger partial charge on any atom is -0.332 e. The van der Waals surface area contributed by atoms with Crippen LogP contribution in [0.4, 0.5) is 0 Å². The molecule has 0 aliphatic heterocycles. The Kier molecular flexibility index (Phi) is 22.9. The van der Waals surface area contributed by atoms with Gasteiger partial charge in [-0.1, -0.05) is 135 Å². The van der Waals surface area contributed by atoms with Gasteiger partial charge in [0.25, 0.3) is 0 Å². The van der Waals surface area contributed by atoms with Gasteiger partial charge in [-0.25, -0.2) is 9.13 Å². The van der Waals surface area contributed by atoms with E-state index in [0.29, 0.717) is 11.8 Å². The molecule has 0 radical (unpaired) electrons. The monoisotopic (exact) mass is 551 g/mol. The third-order valence-electron chi connectivity index (χ3n) is 7.86. The van der Waals surface area contributed by atoms with Crippen LogP contribution < -0.4 is 4.57 Å². The van der Waals surface area contributed by atoms with Crippen LogP contribution in [0.2, 0.25) is 0 Å². The van der Waals surface area contributed by atoms with E-state index >= 15 is 0 Å². The molecule has 0 N–H and O–H groups in total. The van der Waals surface area contributed by atoms with Crippen molar-refractivity contribution >= 4 is 6.20 Å². The molecule has 3 nitrogen and oxygen atoms in total. The summed E-state index contributed by atoms with van der Waals surface area (Å²) >= 11 is 0. The molecule has 0 saturated heterocycles. The molecule has 1 rings (SSSR count). The Labute approximate surface area is 249 Å². The van der Waals surface area contributed by atoms with E-state index in [1.54, 1.807) is 0 Å². The quantitative estimate of drug-likeness (QED) is 0.0602. The molecule has 40 heavy (non-hydrogen) atoms. The average Bonchev–Trinajstić information content (AvgIpc) is 3.43. The first kappa shape index (κ1) is 35.7. The zero-order chi connectivity index (χ0) is 29.1. The molecule has 0 saturated carbocycles. The predicted octanol–water partition coefficient (Wildman–Crippen LogP) is 11.2. The fourth-order valence-corrected chi connectivity index (χ4v) is 5.15. The van der Waals surface area contributed by atoms with Crippen LogP contribution in [0.25, 0.3) is 6.20 Å². The Balaban J connectivity index is 2.17. The zero-order valence-corrected chi connectivity index (χ0v) is 26.7. The second-order valence-corrected chi connectivity index (χ2v) is 11.7. The summed E-state index contributed by atoms with van der Waals surface area (Å²) in [7, 11) is 0. The molecule has 0 amide bonds. The molecule has 0 fully saturated rings. The number of aryl methyl sites for hydroxylation is 1. The number of nitrogens with zero attached hydrogens (tertiary/aromatic N) is 3. The van der Waals surface area contributed by atoms with Gasteiger partial charge < -0.3 is 4.90 Å². The van der Waals surface area contributed by atoms with Crippen molar-refractivity contribution in [2.24, 2.45) is 11.8 Å². The molecule has 2 atom stereocenters. The van der Waals surface area contributed by atoms with Crippen molar-refractivity contribution in [1.29, 1.82) is 0 Å². The molecular weight excluding hydrogens is 486 g/mol. The summed E-state index contributed by atoms with van der Waals surface area (Å²) in [5.74, 6) is 1.01. The molecule has 3 heteroatoms. The van der Waals surface area contributed by atoms with Gasteiger partial charge in [0.15, 0.2) is 0 Å². The second kappa shape index (κ2) is 25.7. The maximum atomic E-state index is 4.10. The number of allylic oxidation sites excluding steroid dienone is 4. The van der Waals surface area contributed by atoms with Crippen LogP contribution in [0, 0.1) is 11.8 Å². The lowest BCUT2D eigenvalue weighted by molar-refractivity contribution is -0.696. The normalized spacial score (nSPS) is 13.5. The summed E-state index contributed by atoms with van der Waals surface area (Å²) in [5, 5.41) is 0. The summed E-state index contributed by atoms with van der Waals surface area (Å²) in [5.41, 5.74) is 0. The van der Waals surface area contributed by atoms with Gasteiger partial charge in [-0.3, -0.25) is 0 Å².